The highest BCUT2D eigenvalue weighted by molar-refractivity contribution is 9.10. The van der Waals surface area contributed by atoms with Crippen LogP contribution >= 0.6 is 27.5 Å². The number of benzene rings is 1. The SMILES string of the molecule is CC1CN(C(CN)c2ccc(Br)cc2Cl)CCN1C. The second kappa shape index (κ2) is 6.55. The zero-order valence-corrected chi connectivity index (χ0v) is 13.8. The molecule has 1 aliphatic rings. The quantitative estimate of drug-likeness (QED) is 0.913. The van der Waals surface area contributed by atoms with Crippen molar-refractivity contribution in [2.45, 2.75) is 19.0 Å². The summed E-state index contributed by atoms with van der Waals surface area (Å²) in [5, 5.41) is 0.788. The molecular formula is C14H21BrClN3. The van der Waals surface area contributed by atoms with Gasteiger partial charge in [-0.05, 0) is 31.7 Å². The average Bonchev–Trinajstić information content (AvgIpc) is 2.37. The van der Waals surface area contributed by atoms with Crippen molar-refractivity contribution in [3.05, 3.63) is 33.3 Å². The van der Waals surface area contributed by atoms with Crippen LogP contribution < -0.4 is 5.73 Å². The van der Waals surface area contributed by atoms with Gasteiger partial charge in [0, 0.05) is 47.8 Å². The zero-order valence-electron chi connectivity index (χ0n) is 11.4. The van der Waals surface area contributed by atoms with Crippen molar-refractivity contribution in [2.75, 3.05) is 33.2 Å². The highest BCUT2D eigenvalue weighted by Gasteiger charge is 2.27. The largest absolute Gasteiger partial charge is 0.329 e. The fourth-order valence-electron chi connectivity index (χ4n) is 2.60. The molecule has 1 aromatic carbocycles. The van der Waals surface area contributed by atoms with Gasteiger partial charge in [-0.15, -0.1) is 0 Å². The minimum atomic E-state index is 0.205. The van der Waals surface area contributed by atoms with E-state index in [1.54, 1.807) is 0 Å². The van der Waals surface area contributed by atoms with Crippen LogP contribution in [0.5, 0.6) is 0 Å². The van der Waals surface area contributed by atoms with Gasteiger partial charge in [0.15, 0.2) is 0 Å². The van der Waals surface area contributed by atoms with E-state index >= 15 is 0 Å². The smallest absolute Gasteiger partial charge is 0.0486 e. The normalized spacial score (nSPS) is 23.5. The number of nitrogens with two attached hydrogens (primary N) is 1. The Morgan fingerprint density at radius 3 is 2.79 bits per heavy atom. The topological polar surface area (TPSA) is 32.5 Å². The van der Waals surface area contributed by atoms with E-state index in [0.29, 0.717) is 12.6 Å². The lowest BCUT2D eigenvalue weighted by molar-refractivity contribution is 0.0741. The van der Waals surface area contributed by atoms with Crippen molar-refractivity contribution in [1.29, 1.82) is 0 Å². The van der Waals surface area contributed by atoms with Crippen LogP contribution in [0.25, 0.3) is 0 Å². The van der Waals surface area contributed by atoms with Gasteiger partial charge in [-0.25, -0.2) is 0 Å². The molecule has 106 valence electrons. The maximum atomic E-state index is 6.36. The number of hydrogen-bond donors (Lipinski definition) is 1. The summed E-state index contributed by atoms with van der Waals surface area (Å²) in [6.07, 6.45) is 0. The molecule has 5 heteroatoms. The highest BCUT2D eigenvalue weighted by Crippen LogP contribution is 2.30. The number of nitrogens with zero attached hydrogens (tertiary/aromatic N) is 2. The lowest BCUT2D eigenvalue weighted by atomic mass is 10.0. The molecule has 1 fully saturated rings. The third-order valence-electron chi connectivity index (χ3n) is 3.98. The van der Waals surface area contributed by atoms with Gasteiger partial charge in [0.1, 0.15) is 0 Å². The first kappa shape index (κ1) is 15.3. The van der Waals surface area contributed by atoms with Gasteiger partial charge in [-0.3, -0.25) is 4.90 Å². The van der Waals surface area contributed by atoms with E-state index in [9.17, 15) is 0 Å². The minimum absolute atomic E-state index is 0.205. The summed E-state index contributed by atoms with van der Waals surface area (Å²) in [5.41, 5.74) is 7.13. The van der Waals surface area contributed by atoms with Crippen molar-refractivity contribution in [1.82, 2.24) is 9.80 Å². The molecule has 1 saturated heterocycles. The van der Waals surface area contributed by atoms with Gasteiger partial charge in [-0.1, -0.05) is 33.6 Å². The molecule has 0 bridgehead atoms. The Hall–Kier alpha value is -0.130. The highest BCUT2D eigenvalue weighted by atomic mass is 79.9. The number of piperazine rings is 1. The monoisotopic (exact) mass is 345 g/mol. The van der Waals surface area contributed by atoms with Gasteiger partial charge in [0.05, 0.1) is 0 Å². The van der Waals surface area contributed by atoms with Crippen LogP contribution in [0.1, 0.15) is 18.5 Å². The zero-order chi connectivity index (χ0) is 14.0. The second-order valence-electron chi connectivity index (χ2n) is 5.24. The maximum absolute atomic E-state index is 6.36. The van der Waals surface area contributed by atoms with Crippen LogP contribution in [-0.2, 0) is 0 Å². The Balaban J connectivity index is 2.20. The predicted octanol–water partition coefficient (Wildman–Crippen LogP) is 2.74. The molecule has 2 N–H and O–H groups in total. The Kier molecular flexibility index (Phi) is 5.26. The summed E-state index contributed by atoms with van der Waals surface area (Å²) in [7, 11) is 2.17. The number of likely N-dealkylation sites (N-methyl/N-ethyl adjacent to an activating group) is 1. The number of hydrogen-bond acceptors (Lipinski definition) is 3. The molecule has 2 rings (SSSR count). The summed E-state index contributed by atoms with van der Waals surface area (Å²) in [5.74, 6) is 0. The third kappa shape index (κ3) is 3.50. The lowest BCUT2D eigenvalue weighted by Crippen LogP contribution is -2.52. The van der Waals surface area contributed by atoms with Gasteiger partial charge < -0.3 is 10.6 Å². The van der Waals surface area contributed by atoms with Crippen LogP contribution in [0.4, 0.5) is 0 Å². The first-order valence-electron chi connectivity index (χ1n) is 6.62. The second-order valence-corrected chi connectivity index (χ2v) is 6.56. The molecule has 0 amide bonds. The minimum Gasteiger partial charge on any atom is -0.329 e. The third-order valence-corrected chi connectivity index (χ3v) is 4.80. The Morgan fingerprint density at radius 2 is 2.21 bits per heavy atom. The predicted molar refractivity (Wildman–Crippen MR) is 84.6 cm³/mol. The van der Waals surface area contributed by atoms with Crippen LogP contribution in [0, 0.1) is 0 Å². The van der Waals surface area contributed by atoms with Crippen LogP contribution in [0.15, 0.2) is 22.7 Å². The Morgan fingerprint density at radius 1 is 1.47 bits per heavy atom. The molecule has 19 heavy (non-hydrogen) atoms. The first-order chi connectivity index (χ1) is 9.02. The first-order valence-corrected chi connectivity index (χ1v) is 7.79. The van der Waals surface area contributed by atoms with E-state index < -0.39 is 0 Å². The Labute approximate surface area is 128 Å². The molecular weight excluding hydrogens is 326 g/mol. The summed E-state index contributed by atoms with van der Waals surface area (Å²) in [6, 6.07) is 6.81. The van der Waals surface area contributed by atoms with E-state index in [-0.39, 0.29) is 6.04 Å². The van der Waals surface area contributed by atoms with E-state index in [1.165, 1.54) is 0 Å². The van der Waals surface area contributed by atoms with E-state index in [0.717, 1.165) is 34.7 Å². The molecule has 1 aliphatic heterocycles. The van der Waals surface area contributed by atoms with Crippen molar-refractivity contribution in [2.24, 2.45) is 5.73 Å². The molecule has 1 heterocycles. The standard InChI is InChI=1S/C14H21BrClN3/c1-10-9-19(6-5-18(10)2)14(8-17)12-4-3-11(15)7-13(12)16/h3-4,7,10,14H,5-6,8-9,17H2,1-2H3. The van der Waals surface area contributed by atoms with E-state index in [4.69, 9.17) is 17.3 Å². The lowest BCUT2D eigenvalue weighted by Gasteiger charge is -2.41. The van der Waals surface area contributed by atoms with Gasteiger partial charge in [0.25, 0.3) is 0 Å². The maximum Gasteiger partial charge on any atom is 0.0486 e. The Bertz CT molecular complexity index is 441. The van der Waals surface area contributed by atoms with Crippen molar-refractivity contribution >= 4 is 27.5 Å². The van der Waals surface area contributed by atoms with Gasteiger partial charge in [-0.2, -0.15) is 0 Å². The van der Waals surface area contributed by atoms with E-state index in [2.05, 4.69) is 45.8 Å². The molecule has 0 aliphatic carbocycles. The molecule has 2 unspecified atom stereocenters. The van der Waals surface area contributed by atoms with Crippen molar-refractivity contribution in [3.63, 3.8) is 0 Å². The molecule has 0 radical (unpaired) electrons. The summed E-state index contributed by atoms with van der Waals surface area (Å²) < 4.78 is 1.00. The summed E-state index contributed by atoms with van der Waals surface area (Å²) in [6.45, 7) is 5.99. The molecule has 0 saturated carbocycles. The van der Waals surface area contributed by atoms with E-state index in [1.807, 2.05) is 12.1 Å². The van der Waals surface area contributed by atoms with Gasteiger partial charge >= 0.3 is 0 Å². The average molecular weight is 347 g/mol. The number of rotatable bonds is 3. The van der Waals surface area contributed by atoms with Crippen LogP contribution in [-0.4, -0.2) is 49.1 Å². The fraction of sp³-hybridized carbons (Fsp3) is 0.571. The van der Waals surface area contributed by atoms with Crippen LogP contribution in [0.3, 0.4) is 0 Å². The molecule has 2 atom stereocenters. The molecule has 0 aromatic heterocycles. The van der Waals surface area contributed by atoms with Crippen molar-refractivity contribution < 1.29 is 0 Å². The summed E-state index contributed by atoms with van der Waals surface area (Å²) in [4.78, 5) is 4.83. The fourth-order valence-corrected chi connectivity index (χ4v) is 3.40. The molecule has 1 aromatic rings. The molecule has 3 nitrogen and oxygen atoms in total. The van der Waals surface area contributed by atoms with Gasteiger partial charge in [0.2, 0.25) is 0 Å². The van der Waals surface area contributed by atoms with Crippen LogP contribution in [0.2, 0.25) is 5.02 Å². The number of halogens is 2. The van der Waals surface area contributed by atoms with Crippen molar-refractivity contribution in [3.8, 4) is 0 Å². The summed E-state index contributed by atoms with van der Waals surface area (Å²) >= 11 is 9.81. The molecule has 0 spiro atoms.